The molecule has 0 amide bonds. The summed E-state index contributed by atoms with van der Waals surface area (Å²) in [7, 11) is 1.83. The van der Waals surface area contributed by atoms with E-state index in [4.69, 9.17) is 21.1 Å². The van der Waals surface area contributed by atoms with Gasteiger partial charge in [-0.05, 0) is 31.5 Å². The molecule has 1 aliphatic rings. The van der Waals surface area contributed by atoms with Crippen molar-refractivity contribution in [3.63, 3.8) is 0 Å². The Morgan fingerprint density at radius 3 is 2.75 bits per heavy atom. The third-order valence-electron chi connectivity index (χ3n) is 4.06. The van der Waals surface area contributed by atoms with Gasteiger partial charge in [-0.3, -0.25) is 0 Å². The molecule has 1 aromatic rings. The van der Waals surface area contributed by atoms with Gasteiger partial charge >= 0.3 is 0 Å². The summed E-state index contributed by atoms with van der Waals surface area (Å²) < 4.78 is 12.3. The lowest BCUT2D eigenvalue weighted by Gasteiger charge is -2.42. The van der Waals surface area contributed by atoms with E-state index in [9.17, 15) is 0 Å². The molecule has 2 rings (SSSR count). The molecule has 5 heteroatoms. The fourth-order valence-corrected chi connectivity index (χ4v) is 3.97. The molecule has 0 spiro atoms. The van der Waals surface area contributed by atoms with E-state index in [0.717, 1.165) is 49.8 Å². The van der Waals surface area contributed by atoms with Crippen LogP contribution in [-0.4, -0.2) is 38.5 Å². The average molecular weight is 318 g/mol. The molecule has 2 heterocycles. The Kier molecular flexibility index (Phi) is 6.30. The molecule has 0 radical (unpaired) electrons. The summed E-state index contributed by atoms with van der Waals surface area (Å²) in [5.74, 6) is 0. The number of halogens is 1. The molecule has 1 atom stereocenters. The van der Waals surface area contributed by atoms with E-state index in [0.29, 0.717) is 6.04 Å². The zero-order chi connectivity index (χ0) is 14.4. The molecule has 0 bridgehead atoms. The summed E-state index contributed by atoms with van der Waals surface area (Å²) in [6, 6.07) is 4.41. The van der Waals surface area contributed by atoms with Gasteiger partial charge in [-0.2, -0.15) is 0 Å². The number of methoxy groups -OCH3 is 1. The predicted octanol–water partition coefficient (Wildman–Crippen LogP) is 3.51. The van der Waals surface area contributed by atoms with Crippen LogP contribution in [0.3, 0.4) is 0 Å². The molecule has 1 aliphatic heterocycles. The van der Waals surface area contributed by atoms with Crippen LogP contribution in [0.25, 0.3) is 0 Å². The minimum absolute atomic E-state index is 0.121. The molecular formula is C15H24ClNO2S. The molecule has 0 aliphatic carbocycles. The Morgan fingerprint density at radius 2 is 2.20 bits per heavy atom. The zero-order valence-corrected chi connectivity index (χ0v) is 13.9. The maximum atomic E-state index is 6.05. The van der Waals surface area contributed by atoms with Gasteiger partial charge in [-0.15, -0.1) is 11.3 Å². The van der Waals surface area contributed by atoms with Gasteiger partial charge in [0.2, 0.25) is 0 Å². The second-order valence-corrected chi connectivity index (χ2v) is 7.10. The van der Waals surface area contributed by atoms with Gasteiger partial charge in [-0.1, -0.05) is 18.5 Å². The van der Waals surface area contributed by atoms with E-state index in [1.807, 2.05) is 13.2 Å². The van der Waals surface area contributed by atoms with Crippen molar-refractivity contribution in [1.29, 1.82) is 0 Å². The van der Waals surface area contributed by atoms with Gasteiger partial charge in [0.25, 0.3) is 0 Å². The number of ether oxygens (including phenoxy) is 2. The lowest BCUT2D eigenvalue weighted by atomic mass is 9.83. The Morgan fingerprint density at radius 1 is 1.45 bits per heavy atom. The molecule has 1 aromatic heterocycles. The van der Waals surface area contributed by atoms with Gasteiger partial charge < -0.3 is 14.8 Å². The van der Waals surface area contributed by atoms with Crippen LogP contribution in [0.4, 0.5) is 0 Å². The lowest BCUT2D eigenvalue weighted by molar-refractivity contribution is -0.110. The number of nitrogens with one attached hydrogen (secondary N) is 1. The van der Waals surface area contributed by atoms with E-state index in [1.54, 1.807) is 11.3 Å². The Balaban J connectivity index is 2.11. The highest BCUT2D eigenvalue weighted by molar-refractivity contribution is 7.16. The van der Waals surface area contributed by atoms with Crippen LogP contribution in [0.2, 0.25) is 4.34 Å². The van der Waals surface area contributed by atoms with E-state index < -0.39 is 0 Å². The molecule has 1 saturated heterocycles. The topological polar surface area (TPSA) is 30.5 Å². The molecule has 1 unspecified atom stereocenters. The SMILES string of the molecule is CCCNC(Cc1ccc(Cl)s1)C1(OC)CCOCC1. The lowest BCUT2D eigenvalue weighted by Crippen LogP contribution is -2.56. The second kappa shape index (κ2) is 7.76. The second-order valence-electron chi connectivity index (χ2n) is 5.30. The highest BCUT2D eigenvalue weighted by atomic mass is 35.5. The van der Waals surface area contributed by atoms with Crippen molar-refractivity contribution in [2.45, 2.75) is 44.2 Å². The highest BCUT2D eigenvalue weighted by Crippen LogP contribution is 2.32. The molecule has 114 valence electrons. The van der Waals surface area contributed by atoms with Crippen LogP contribution >= 0.6 is 22.9 Å². The maximum Gasteiger partial charge on any atom is 0.0931 e. The molecule has 3 nitrogen and oxygen atoms in total. The summed E-state index contributed by atoms with van der Waals surface area (Å²) in [6.07, 6.45) is 3.98. The highest BCUT2D eigenvalue weighted by Gasteiger charge is 2.40. The molecule has 1 N–H and O–H groups in total. The quantitative estimate of drug-likeness (QED) is 0.835. The minimum atomic E-state index is -0.121. The van der Waals surface area contributed by atoms with Crippen molar-refractivity contribution < 1.29 is 9.47 Å². The van der Waals surface area contributed by atoms with E-state index in [1.165, 1.54) is 4.88 Å². The smallest absolute Gasteiger partial charge is 0.0931 e. The first-order valence-corrected chi connectivity index (χ1v) is 8.50. The standard InChI is InChI=1S/C15H24ClNO2S/c1-3-8-17-13(11-12-4-5-14(16)20-12)15(18-2)6-9-19-10-7-15/h4-5,13,17H,3,6-11H2,1-2H3. The summed E-state index contributed by atoms with van der Waals surface area (Å²) in [5, 5.41) is 3.67. The van der Waals surface area contributed by atoms with Crippen LogP contribution in [0, 0.1) is 0 Å². The Hall–Kier alpha value is -0.130. The first-order valence-electron chi connectivity index (χ1n) is 7.30. The van der Waals surface area contributed by atoms with Crippen molar-refractivity contribution in [3.8, 4) is 0 Å². The van der Waals surface area contributed by atoms with Gasteiger partial charge in [0.15, 0.2) is 0 Å². The van der Waals surface area contributed by atoms with Crippen LogP contribution in [0.1, 0.15) is 31.1 Å². The van der Waals surface area contributed by atoms with E-state index in [2.05, 4.69) is 18.3 Å². The van der Waals surface area contributed by atoms with Crippen molar-refractivity contribution in [2.24, 2.45) is 0 Å². The summed E-state index contributed by atoms with van der Waals surface area (Å²) >= 11 is 7.71. The fourth-order valence-electron chi connectivity index (χ4n) is 2.84. The Bertz CT molecular complexity index is 404. The zero-order valence-electron chi connectivity index (χ0n) is 12.3. The number of hydrogen-bond acceptors (Lipinski definition) is 4. The third kappa shape index (κ3) is 3.95. The third-order valence-corrected chi connectivity index (χ3v) is 5.31. The molecule has 1 fully saturated rings. The Labute approximate surface area is 130 Å². The minimum Gasteiger partial charge on any atom is -0.381 e. The van der Waals surface area contributed by atoms with E-state index in [-0.39, 0.29) is 5.60 Å². The van der Waals surface area contributed by atoms with Gasteiger partial charge in [-0.25, -0.2) is 0 Å². The predicted molar refractivity (Wildman–Crippen MR) is 84.9 cm³/mol. The van der Waals surface area contributed by atoms with Crippen molar-refractivity contribution in [1.82, 2.24) is 5.32 Å². The molecule has 0 aromatic carbocycles. The summed E-state index contributed by atoms with van der Waals surface area (Å²) in [6.45, 7) is 4.76. The summed E-state index contributed by atoms with van der Waals surface area (Å²) in [4.78, 5) is 1.31. The van der Waals surface area contributed by atoms with Crippen molar-refractivity contribution in [3.05, 3.63) is 21.3 Å². The van der Waals surface area contributed by atoms with Crippen LogP contribution in [-0.2, 0) is 15.9 Å². The summed E-state index contributed by atoms with van der Waals surface area (Å²) in [5.41, 5.74) is -0.121. The maximum absolute atomic E-state index is 6.05. The molecule has 0 saturated carbocycles. The van der Waals surface area contributed by atoms with Crippen LogP contribution in [0.5, 0.6) is 0 Å². The van der Waals surface area contributed by atoms with Crippen molar-refractivity contribution >= 4 is 22.9 Å². The monoisotopic (exact) mass is 317 g/mol. The number of hydrogen-bond donors (Lipinski definition) is 1. The first kappa shape index (κ1) is 16.2. The average Bonchev–Trinajstić information content (AvgIpc) is 2.89. The largest absolute Gasteiger partial charge is 0.381 e. The van der Waals surface area contributed by atoms with E-state index >= 15 is 0 Å². The van der Waals surface area contributed by atoms with Gasteiger partial charge in [0.05, 0.1) is 9.94 Å². The molecular weight excluding hydrogens is 294 g/mol. The number of rotatable bonds is 7. The number of thiophene rings is 1. The first-order chi connectivity index (χ1) is 9.70. The normalized spacial score (nSPS) is 19.9. The van der Waals surface area contributed by atoms with Gasteiger partial charge in [0, 0.05) is 44.1 Å². The van der Waals surface area contributed by atoms with Crippen LogP contribution in [0.15, 0.2) is 12.1 Å². The van der Waals surface area contributed by atoms with Crippen LogP contribution < -0.4 is 5.32 Å². The molecule has 20 heavy (non-hydrogen) atoms. The van der Waals surface area contributed by atoms with Gasteiger partial charge in [0.1, 0.15) is 0 Å². The van der Waals surface area contributed by atoms with Crippen molar-refractivity contribution in [2.75, 3.05) is 26.9 Å². The fraction of sp³-hybridized carbons (Fsp3) is 0.733.